The van der Waals surface area contributed by atoms with Crippen LogP contribution in [0.2, 0.25) is 0 Å². The number of nitrogens with one attached hydrogen (secondary N) is 3. The van der Waals surface area contributed by atoms with Crippen molar-refractivity contribution in [2.24, 2.45) is 5.73 Å². The number of rotatable bonds is 9. The molecule has 2 aromatic carbocycles. The maximum atomic E-state index is 12.9. The first kappa shape index (κ1) is 21.4. The van der Waals surface area contributed by atoms with Crippen LogP contribution in [0.3, 0.4) is 0 Å². The molecule has 2 atom stereocenters. The van der Waals surface area contributed by atoms with E-state index in [1.807, 2.05) is 37.3 Å². The van der Waals surface area contributed by atoms with Crippen LogP contribution in [0.4, 0.5) is 9.18 Å². The van der Waals surface area contributed by atoms with Crippen LogP contribution in [0.25, 0.3) is 0 Å². The Morgan fingerprint density at radius 3 is 2.36 bits per heavy atom. The summed E-state index contributed by atoms with van der Waals surface area (Å²) in [6.45, 7) is 2.46. The summed E-state index contributed by atoms with van der Waals surface area (Å²) < 4.78 is 12.9. The van der Waals surface area contributed by atoms with Gasteiger partial charge in [-0.15, -0.1) is 0 Å². The zero-order valence-electron chi connectivity index (χ0n) is 16.0. The molecule has 0 aliphatic carbocycles. The van der Waals surface area contributed by atoms with E-state index in [0.717, 1.165) is 17.5 Å². The molecule has 0 spiro atoms. The molecule has 0 aliphatic heterocycles. The summed E-state index contributed by atoms with van der Waals surface area (Å²) in [5.41, 5.74) is 7.80. The Morgan fingerprint density at radius 1 is 1.04 bits per heavy atom. The first-order valence-electron chi connectivity index (χ1n) is 9.36. The minimum atomic E-state index is -0.652. The van der Waals surface area contributed by atoms with Crippen LogP contribution in [-0.4, -0.2) is 24.5 Å². The van der Waals surface area contributed by atoms with E-state index in [1.165, 1.54) is 12.1 Å². The van der Waals surface area contributed by atoms with Crippen molar-refractivity contribution in [1.82, 2.24) is 16.0 Å². The molecule has 0 fully saturated rings. The predicted molar refractivity (Wildman–Crippen MR) is 107 cm³/mol. The second-order valence-corrected chi connectivity index (χ2v) is 6.56. The summed E-state index contributed by atoms with van der Waals surface area (Å²) in [5.74, 6) is -0.605. The van der Waals surface area contributed by atoms with Crippen LogP contribution < -0.4 is 21.7 Å². The Labute approximate surface area is 164 Å². The van der Waals surface area contributed by atoms with E-state index < -0.39 is 12.1 Å². The number of carbonyl (C=O) groups excluding carboxylic acids is 2. The van der Waals surface area contributed by atoms with E-state index in [9.17, 15) is 14.0 Å². The van der Waals surface area contributed by atoms with Crippen LogP contribution >= 0.6 is 0 Å². The minimum absolute atomic E-state index is 0.242. The normalized spacial score (nSPS) is 12.7. The zero-order chi connectivity index (χ0) is 20.4. The lowest BCUT2D eigenvalue weighted by atomic mass is 10.1. The molecule has 0 aliphatic rings. The molecule has 2 rings (SSSR count). The van der Waals surface area contributed by atoms with Crippen LogP contribution in [0.5, 0.6) is 0 Å². The quantitative estimate of drug-likeness (QED) is 0.533. The number of hydrogen-bond donors (Lipinski definition) is 4. The van der Waals surface area contributed by atoms with Crippen LogP contribution in [0, 0.1) is 5.82 Å². The first-order chi connectivity index (χ1) is 13.5. The molecule has 3 amide bonds. The third-order valence-corrected chi connectivity index (χ3v) is 4.29. The molecule has 6 nitrogen and oxygen atoms in total. The Hall–Kier alpha value is -2.93. The SMILES string of the molecule is CCCC(NC(=O)NCc1ccc(F)cc1)C(=O)NCC(N)c1ccccc1. The number of carbonyl (C=O) groups is 2. The summed E-state index contributed by atoms with van der Waals surface area (Å²) >= 11 is 0. The highest BCUT2D eigenvalue weighted by molar-refractivity contribution is 5.87. The summed E-state index contributed by atoms with van der Waals surface area (Å²) in [7, 11) is 0. The summed E-state index contributed by atoms with van der Waals surface area (Å²) in [6, 6.07) is 13.9. The van der Waals surface area contributed by atoms with Gasteiger partial charge in [-0.1, -0.05) is 55.8 Å². The van der Waals surface area contributed by atoms with Gasteiger partial charge in [-0.05, 0) is 29.7 Å². The fourth-order valence-electron chi connectivity index (χ4n) is 2.70. The lowest BCUT2D eigenvalue weighted by Crippen LogP contribution is -2.50. The molecule has 0 bridgehead atoms. The van der Waals surface area contributed by atoms with Gasteiger partial charge in [0.15, 0.2) is 0 Å². The molecule has 5 N–H and O–H groups in total. The Bertz CT molecular complexity index is 753. The van der Waals surface area contributed by atoms with Gasteiger partial charge in [0.05, 0.1) is 0 Å². The monoisotopic (exact) mass is 386 g/mol. The topological polar surface area (TPSA) is 96.2 Å². The van der Waals surface area contributed by atoms with E-state index in [-0.39, 0.29) is 30.9 Å². The average Bonchev–Trinajstić information content (AvgIpc) is 2.71. The van der Waals surface area contributed by atoms with Gasteiger partial charge in [0.2, 0.25) is 5.91 Å². The smallest absolute Gasteiger partial charge is 0.315 e. The van der Waals surface area contributed by atoms with Gasteiger partial charge in [0.25, 0.3) is 0 Å². The molecule has 150 valence electrons. The van der Waals surface area contributed by atoms with Gasteiger partial charge < -0.3 is 21.7 Å². The van der Waals surface area contributed by atoms with Crippen molar-refractivity contribution in [2.45, 2.75) is 38.4 Å². The molecule has 0 radical (unpaired) electrons. The second-order valence-electron chi connectivity index (χ2n) is 6.56. The van der Waals surface area contributed by atoms with Gasteiger partial charge in [-0.2, -0.15) is 0 Å². The van der Waals surface area contributed by atoms with E-state index in [4.69, 9.17) is 5.73 Å². The number of halogens is 1. The van der Waals surface area contributed by atoms with Gasteiger partial charge in [0.1, 0.15) is 11.9 Å². The van der Waals surface area contributed by atoms with E-state index >= 15 is 0 Å². The highest BCUT2D eigenvalue weighted by Crippen LogP contribution is 2.08. The number of hydrogen-bond acceptors (Lipinski definition) is 3. The lowest BCUT2D eigenvalue weighted by Gasteiger charge is -2.20. The average molecular weight is 386 g/mol. The van der Waals surface area contributed by atoms with Crippen molar-refractivity contribution in [3.8, 4) is 0 Å². The predicted octanol–water partition coefficient (Wildman–Crippen LogP) is 2.61. The molecule has 28 heavy (non-hydrogen) atoms. The van der Waals surface area contributed by atoms with Crippen molar-refractivity contribution in [2.75, 3.05) is 6.54 Å². The van der Waals surface area contributed by atoms with Gasteiger partial charge in [-0.3, -0.25) is 4.79 Å². The molecule has 2 aromatic rings. The molecular formula is C21H27FN4O2. The number of urea groups is 1. The van der Waals surface area contributed by atoms with E-state index in [2.05, 4.69) is 16.0 Å². The first-order valence-corrected chi connectivity index (χ1v) is 9.36. The third-order valence-electron chi connectivity index (χ3n) is 4.29. The van der Waals surface area contributed by atoms with Crippen molar-refractivity contribution < 1.29 is 14.0 Å². The zero-order valence-corrected chi connectivity index (χ0v) is 16.0. The standard InChI is InChI=1S/C21H27FN4O2/c1-2-6-19(20(27)24-14-18(23)16-7-4-3-5-8-16)26-21(28)25-13-15-9-11-17(22)12-10-15/h3-5,7-12,18-19H,2,6,13-14,23H2,1H3,(H,24,27)(H2,25,26,28). The van der Waals surface area contributed by atoms with Gasteiger partial charge >= 0.3 is 6.03 Å². The highest BCUT2D eigenvalue weighted by Gasteiger charge is 2.20. The second kappa shape index (κ2) is 11.0. The van der Waals surface area contributed by atoms with Crippen LogP contribution in [-0.2, 0) is 11.3 Å². The summed E-state index contributed by atoms with van der Waals surface area (Å²) in [6.07, 6.45) is 1.25. The molecule has 2 unspecified atom stereocenters. The highest BCUT2D eigenvalue weighted by atomic mass is 19.1. The van der Waals surface area contributed by atoms with Crippen LogP contribution in [0.1, 0.15) is 36.9 Å². The summed E-state index contributed by atoms with van der Waals surface area (Å²) in [4.78, 5) is 24.6. The molecule has 7 heteroatoms. The number of nitrogens with two attached hydrogens (primary N) is 1. The van der Waals surface area contributed by atoms with E-state index in [0.29, 0.717) is 6.42 Å². The maximum absolute atomic E-state index is 12.9. The third kappa shape index (κ3) is 7.00. The Balaban J connectivity index is 1.82. The molecular weight excluding hydrogens is 359 g/mol. The summed E-state index contributed by atoms with van der Waals surface area (Å²) in [5, 5.41) is 8.16. The van der Waals surface area contributed by atoms with Crippen molar-refractivity contribution in [1.29, 1.82) is 0 Å². The van der Waals surface area contributed by atoms with Gasteiger partial charge in [-0.25, -0.2) is 9.18 Å². The lowest BCUT2D eigenvalue weighted by molar-refractivity contribution is -0.123. The van der Waals surface area contributed by atoms with Gasteiger partial charge in [0, 0.05) is 19.1 Å². The van der Waals surface area contributed by atoms with Crippen molar-refractivity contribution >= 4 is 11.9 Å². The maximum Gasteiger partial charge on any atom is 0.315 e. The molecule has 0 saturated heterocycles. The van der Waals surface area contributed by atoms with Crippen molar-refractivity contribution in [3.63, 3.8) is 0 Å². The molecule has 0 heterocycles. The molecule has 0 aromatic heterocycles. The van der Waals surface area contributed by atoms with Crippen LogP contribution in [0.15, 0.2) is 54.6 Å². The van der Waals surface area contributed by atoms with Crippen molar-refractivity contribution in [3.05, 3.63) is 71.5 Å². The minimum Gasteiger partial charge on any atom is -0.352 e. The number of benzene rings is 2. The van der Waals surface area contributed by atoms with E-state index in [1.54, 1.807) is 12.1 Å². The fraction of sp³-hybridized carbons (Fsp3) is 0.333. The largest absolute Gasteiger partial charge is 0.352 e. The number of amides is 3. The Morgan fingerprint density at radius 2 is 1.71 bits per heavy atom. The fourth-order valence-corrected chi connectivity index (χ4v) is 2.70. The molecule has 0 saturated carbocycles. The Kier molecular flexibility index (Phi) is 8.42.